The molecule has 1 atom stereocenters. The van der Waals surface area contributed by atoms with Crippen molar-refractivity contribution in [3.8, 4) is 11.5 Å². The van der Waals surface area contributed by atoms with E-state index >= 15 is 0 Å². The van der Waals surface area contributed by atoms with Gasteiger partial charge in [-0.1, -0.05) is 6.07 Å². The molecule has 0 fully saturated rings. The number of aliphatic hydroxyl groups excluding tert-OH is 1. The van der Waals surface area contributed by atoms with Crippen LogP contribution >= 0.6 is 0 Å². The molecule has 1 aromatic carbocycles. The van der Waals surface area contributed by atoms with E-state index in [4.69, 9.17) is 14.2 Å². The minimum atomic E-state index is -0.534. The molecule has 0 radical (unpaired) electrons. The van der Waals surface area contributed by atoms with Crippen molar-refractivity contribution in [3.63, 3.8) is 0 Å². The zero-order valence-electron chi connectivity index (χ0n) is 11.6. The molecule has 0 saturated carbocycles. The van der Waals surface area contributed by atoms with E-state index in [1.807, 2.05) is 18.2 Å². The van der Waals surface area contributed by atoms with Crippen LogP contribution in [0.5, 0.6) is 11.5 Å². The minimum absolute atomic E-state index is 0.254. The number of benzene rings is 1. The van der Waals surface area contributed by atoms with Gasteiger partial charge in [0.15, 0.2) is 0 Å². The van der Waals surface area contributed by atoms with E-state index in [-0.39, 0.29) is 6.61 Å². The van der Waals surface area contributed by atoms with Crippen LogP contribution in [-0.2, 0) is 4.74 Å². The highest BCUT2D eigenvalue weighted by Gasteiger charge is 2.05. The molecule has 5 nitrogen and oxygen atoms in total. The van der Waals surface area contributed by atoms with Gasteiger partial charge in [0.2, 0.25) is 0 Å². The minimum Gasteiger partial charge on any atom is -0.497 e. The van der Waals surface area contributed by atoms with Crippen molar-refractivity contribution in [3.05, 3.63) is 24.3 Å². The Labute approximate surface area is 114 Å². The van der Waals surface area contributed by atoms with Crippen LogP contribution in [0.3, 0.4) is 0 Å². The van der Waals surface area contributed by atoms with Crippen molar-refractivity contribution >= 4 is 0 Å². The van der Waals surface area contributed by atoms with Gasteiger partial charge in [-0.25, -0.2) is 0 Å². The second-order valence-corrected chi connectivity index (χ2v) is 4.19. The molecule has 108 valence electrons. The molecular weight excluding hydrogens is 246 g/mol. The first-order valence-electron chi connectivity index (χ1n) is 6.41. The summed E-state index contributed by atoms with van der Waals surface area (Å²) in [6.07, 6.45) is 0.397. The molecule has 1 rings (SSSR count). The first kappa shape index (κ1) is 15.8. The summed E-state index contributed by atoms with van der Waals surface area (Å²) in [6.45, 7) is 2.31. The van der Waals surface area contributed by atoms with E-state index in [0.717, 1.165) is 25.3 Å². The van der Waals surface area contributed by atoms with E-state index < -0.39 is 6.10 Å². The Morgan fingerprint density at radius 1 is 1.26 bits per heavy atom. The summed E-state index contributed by atoms with van der Waals surface area (Å²) in [7, 11) is 3.29. The predicted molar refractivity (Wildman–Crippen MR) is 73.9 cm³/mol. The molecule has 0 saturated heterocycles. The number of methoxy groups -OCH3 is 2. The van der Waals surface area contributed by atoms with Gasteiger partial charge in [-0.2, -0.15) is 0 Å². The Bertz CT molecular complexity index is 346. The third-order valence-electron chi connectivity index (χ3n) is 2.57. The van der Waals surface area contributed by atoms with Crippen molar-refractivity contribution in [2.45, 2.75) is 12.5 Å². The van der Waals surface area contributed by atoms with Crippen LogP contribution in [0.4, 0.5) is 0 Å². The maximum Gasteiger partial charge on any atom is 0.123 e. The van der Waals surface area contributed by atoms with Crippen LogP contribution in [0.15, 0.2) is 24.3 Å². The lowest BCUT2D eigenvalue weighted by molar-refractivity contribution is 0.105. The van der Waals surface area contributed by atoms with Crippen LogP contribution in [0.25, 0.3) is 0 Å². The zero-order valence-corrected chi connectivity index (χ0v) is 11.6. The molecule has 0 amide bonds. The van der Waals surface area contributed by atoms with Gasteiger partial charge in [0, 0.05) is 26.3 Å². The first-order valence-corrected chi connectivity index (χ1v) is 6.41. The number of nitrogens with one attached hydrogen (secondary N) is 1. The predicted octanol–water partition coefficient (Wildman–Crippen LogP) is 1.06. The largest absolute Gasteiger partial charge is 0.497 e. The van der Waals surface area contributed by atoms with Gasteiger partial charge < -0.3 is 24.6 Å². The molecule has 0 aliphatic carbocycles. The Balaban J connectivity index is 2.16. The number of hydrogen-bond donors (Lipinski definition) is 2. The van der Waals surface area contributed by atoms with E-state index in [1.165, 1.54) is 0 Å². The average molecular weight is 269 g/mol. The van der Waals surface area contributed by atoms with E-state index in [0.29, 0.717) is 12.3 Å². The maximum atomic E-state index is 9.74. The lowest BCUT2D eigenvalue weighted by Gasteiger charge is -2.13. The molecule has 0 aromatic heterocycles. The van der Waals surface area contributed by atoms with Crippen molar-refractivity contribution in [1.82, 2.24) is 5.32 Å². The summed E-state index contributed by atoms with van der Waals surface area (Å²) < 4.78 is 15.5. The molecule has 2 N–H and O–H groups in total. The lowest BCUT2D eigenvalue weighted by atomic mass is 10.3. The number of aliphatic hydroxyl groups is 1. The van der Waals surface area contributed by atoms with Crippen molar-refractivity contribution in [2.24, 2.45) is 0 Å². The first-order chi connectivity index (χ1) is 9.26. The molecular formula is C14H23NO4. The second-order valence-electron chi connectivity index (χ2n) is 4.19. The van der Waals surface area contributed by atoms with Crippen molar-refractivity contribution < 1.29 is 19.3 Å². The summed E-state index contributed by atoms with van der Waals surface area (Å²) in [5, 5.41) is 12.9. The standard InChI is InChI=1S/C14H23NO4/c1-17-8-4-7-15-10-12(16)11-19-14-6-3-5-13(9-14)18-2/h3,5-6,9,12,15-16H,4,7-8,10-11H2,1-2H3. The van der Waals surface area contributed by atoms with Crippen LogP contribution in [0, 0.1) is 0 Å². The summed E-state index contributed by atoms with van der Waals surface area (Å²) in [5.74, 6) is 1.43. The molecule has 19 heavy (non-hydrogen) atoms. The summed E-state index contributed by atoms with van der Waals surface area (Å²) >= 11 is 0. The third kappa shape index (κ3) is 7.00. The van der Waals surface area contributed by atoms with Gasteiger partial charge in [-0.15, -0.1) is 0 Å². The fraction of sp³-hybridized carbons (Fsp3) is 0.571. The number of rotatable bonds is 10. The van der Waals surface area contributed by atoms with Gasteiger partial charge in [-0.3, -0.25) is 0 Å². The Morgan fingerprint density at radius 2 is 2.05 bits per heavy atom. The molecule has 0 bridgehead atoms. The van der Waals surface area contributed by atoms with Crippen molar-refractivity contribution in [1.29, 1.82) is 0 Å². The fourth-order valence-corrected chi connectivity index (χ4v) is 1.55. The highest BCUT2D eigenvalue weighted by Crippen LogP contribution is 2.18. The van der Waals surface area contributed by atoms with Gasteiger partial charge in [0.1, 0.15) is 24.2 Å². The Hall–Kier alpha value is -1.30. The van der Waals surface area contributed by atoms with Gasteiger partial charge in [0.05, 0.1) is 7.11 Å². The highest BCUT2D eigenvalue weighted by atomic mass is 16.5. The summed E-state index contributed by atoms with van der Waals surface area (Å²) in [6, 6.07) is 7.32. The van der Waals surface area contributed by atoms with Crippen LogP contribution in [0.1, 0.15) is 6.42 Å². The third-order valence-corrected chi connectivity index (χ3v) is 2.57. The lowest BCUT2D eigenvalue weighted by Crippen LogP contribution is -2.32. The molecule has 0 aliphatic rings. The van der Waals surface area contributed by atoms with Crippen LogP contribution in [-0.4, -0.2) is 51.7 Å². The van der Waals surface area contributed by atoms with E-state index in [9.17, 15) is 5.11 Å². The zero-order chi connectivity index (χ0) is 13.9. The van der Waals surface area contributed by atoms with Crippen LogP contribution in [0.2, 0.25) is 0 Å². The molecule has 0 spiro atoms. The van der Waals surface area contributed by atoms with Gasteiger partial charge >= 0.3 is 0 Å². The topological polar surface area (TPSA) is 60.0 Å². The smallest absolute Gasteiger partial charge is 0.123 e. The van der Waals surface area contributed by atoms with Crippen molar-refractivity contribution in [2.75, 3.05) is 40.5 Å². The SMILES string of the molecule is COCCCNCC(O)COc1cccc(OC)c1. The second kappa shape index (κ2) is 9.61. The Kier molecular flexibility index (Phi) is 7.97. The highest BCUT2D eigenvalue weighted by molar-refractivity contribution is 5.32. The van der Waals surface area contributed by atoms with Gasteiger partial charge in [0.25, 0.3) is 0 Å². The monoisotopic (exact) mass is 269 g/mol. The molecule has 1 aromatic rings. The molecule has 0 heterocycles. The molecule has 0 aliphatic heterocycles. The average Bonchev–Trinajstić information content (AvgIpc) is 2.45. The van der Waals surface area contributed by atoms with E-state index in [2.05, 4.69) is 5.32 Å². The number of ether oxygens (including phenoxy) is 3. The molecule has 1 unspecified atom stereocenters. The fourth-order valence-electron chi connectivity index (χ4n) is 1.55. The summed E-state index contributed by atoms with van der Waals surface area (Å²) in [4.78, 5) is 0. The Morgan fingerprint density at radius 3 is 2.79 bits per heavy atom. The summed E-state index contributed by atoms with van der Waals surface area (Å²) in [5.41, 5.74) is 0. The van der Waals surface area contributed by atoms with Gasteiger partial charge in [-0.05, 0) is 25.1 Å². The van der Waals surface area contributed by atoms with E-state index in [1.54, 1.807) is 20.3 Å². The quantitative estimate of drug-likeness (QED) is 0.622. The number of hydrogen-bond acceptors (Lipinski definition) is 5. The maximum absolute atomic E-state index is 9.74. The molecule has 5 heteroatoms. The normalized spacial score (nSPS) is 12.2. The van der Waals surface area contributed by atoms with Crippen LogP contribution < -0.4 is 14.8 Å².